The number of hydrogen-bond acceptors (Lipinski definition) is 10. The Morgan fingerprint density at radius 3 is 2.35 bits per heavy atom. The van der Waals surface area contributed by atoms with E-state index >= 15 is 0 Å². The molecule has 0 saturated carbocycles. The lowest BCUT2D eigenvalue weighted by molar-refractivity contribution is -0.155. The number of ether oxygens (including phenoxy) is 3. The van der Waals surface area contributed by atoms with Crippen molar-refractivity contribution in [2.45, 2.75) is 116 Å². The Kier molecular flexibility index (Phi) is 22.7. The molecule has 8 rings (SSSR count). The molecule has 4 aromatic rings. The molecule has 23 heteroatoms. The number of pyridine rings is 1. The lowest BCUT2D eigenvalue weighted by atomic mass is 9.84. The lowest BCUT2D eigenvalue weighted by Gasteiger charge is -2.47. The number of likely N-dealkylation sites (tertiary alicyclic amines) is 1. The number of halogens is 3. The molecule has 4 aliphatic rings. The molecule has 16 nitrogen and oxygen atoms in total. The first-order valence-electron chi connectivity index (χ1n) is 25.5. The molecular formula is C55H77F3N8O8S4. The van der Waals surface area contributed by atoms with Crippen LogP contribution in [0, 0.1) is 11.3 Å². The summed E-state index contributed by atoms with van der Waals surface area (Å²) in [6.45, 7) is 13.7. The summed E-state index contributed by atoms with van der Waals surface area (Å²) in [5.74, 6) is -2.18. The predicted molar refractivity (Wildman–Crippen MR) is 314 cm³/mol. The number of amides is 5. The smallest absolute Gasteiger partial charge is 0.406 e. The molecule has 2 aromatic heterocycles. The van der Waals surface area contributed by atoms with Crippen LogP contribution in [0.2, 0.25) is 0 Å². The number of alkyl halides is 3. The van der Waals surface area contributed by atoms with Crippen LogP contribution in [-0.2, 0) is 52.8 Å². The van der Waals surface area contributed by atoms with Gasteiger partial charge in [-0.25, -0.2) is 10.2 Å². The third kappa shape index (κ3) is 14.5. The Hall–Kier alpha value is -4.91. The summed E-state index contributed by atoms with van der Waals surface area (Å²) >= 11 is 0. The molecule has 1 spiro atoms. The van der Waals surface area contributed by atoms with Gasteiger partial charge in [-0.1, -0.05) is 64.6 Å². The van der Waals surface area contributed by atoms with Gasteiger partial charge in [-0.05, 0) is 97.5 Å². The van der Waals surface area contributed by atoms with Crippen molar-refractivity contribution < 1.29 is 51.4 Å². The zero-order chi connectivity index (χ0) is 53.3. The largest absolute Gasteiger partial charge is 0.464 e. The zero-order valence-corrected chi connectivity index (χ0v) is 49.4. The standard InChI is InChI=1S/C55H69F3N8O8.4H2S/c1-9-45(67)64-25-26-74-54(31-64)19-23-63(24-20-54)52(71)62(7)47(34(2)3)49(68)60-43-28-36-13-10-14-37(27-36)38-17-18-44-40(29-38)41(30-53(5,6)33-73-51(70)42-16-12-22-66(61-42)50(43)69)48(65(44)32-55(56,57)58)39-15-11-21-59-46(39)35(4)72-8;;;;/h9-11,13-15,17-18,21,27,29,34-35,42-43,47,61H,1,12,16,19-20,22-26,28,30-33H2,2-8H3,(H,60,68);4*1H2/t35-,42-,43-,47-;;;;/m0..../s1. The molecule has 6 bridgehead atoms. The van der Waals surface area contributed by atoms with Crippen molar-refractivity contribution >= 4 is 94.6 Å². The average Bonchev–Trinajstić information content (AvgIpc) is 3.66. The lowest BCUT2D eigenvalue weighted by Crippen LogP contribution is -2.63. The highest BCUT2D eigenvalue weighted by Gasteiger charge is 2.44. The minimum atomic E-state index is -4.59. The molecule has 6 heterocycles. The molecular weight excluding hydrogens is 1090 g/mol. The van der Waals surface area contributed by atoms with E-state index in [1.807, 2.05) is 58.0 Å². The van der Waals surface area contributed by atoms with Crippen molar-refractivity contribution in [1.29, 1.82) is 0 Å². The number of aromatic nitrogens is 2. The molecule has 3 fully saturated rings. The molecule has 78 heavy (non-hydrogen) atoms. The van der Waals surface area contributed by atoms with Crippen LogP contribution in [-0.4, -0.2) is 149 Å². The molecule has 4 aliphatic heterocycles. The van der Waals surface area contributed by atoms with E-state index in [4.69, 9.17) is 14.2 Å². The first-order valence-corrected chi connectivity index (χ1v) is 25.5. The highest BCUT2D eigenvalue weighted by atomic mass is 32.1. The SMILES string of the molecule is C=CC(=O)N1CCOC2(CCN(C(=O)N(C)[C@H](C(=O)N[C@H]3Cc4cccc(c4)-c4ccc5c(c4)c(c(-c4cccnc4[C@H](C)OC)n5CC(F)(F)F)CC(C)(C)COC(=O)[C@@H]4CCCN(N4)C3=O)C(C)C)CC2)C1.S.S.S.S. The zero-order valence-electron chi connectivity index (χ0n) is 45.4. The van der Waals surface area contributed by atoms with Crippen molar-refractivity contribution in [1.82, 2.24) is 40.0 Å². The van der Waals surface area contributed by atoms with E-state index in [1.54, 1.807) is 54.2 Å². The maximum absolute atomic E-state index is 14.8. The highest BCUT2D eigenvalue weighted by molar-refractivity contribution is 7.59. The van der Waals surface area contributed by atoms with E-state index in [2.05, 4.69) is 22.3 Å². The minimum Gasteiger partial charge on any atom is -0.464 e. The second-order valence-electron chi connectivity index (χ2n) is 21.4. The van der Waals surface area contributed by atoms with Gasteiger partial charge in [0.25, 0.3) is 5.91 Å². The van der Waals surface area contributed by atoms with Crippen LogP contribution in [0.25, 0.3) is 33.3 Å². The van der Waals surface area contributed by atoms with Gasteiger partial charge < -0.3 is 38.8 Å². The highest BCUT2D eigenvalue weighted by Crippen LogP contribution is 2.43. The number of cyclic esters (lactones) is 1. The summed E-state index contributed by atoms with van der Waals surface area (Å²) < 4.78 is 63.4. The third-order valence-electron chi connectivity index (χ3n) is 14.9. The van der Waals surface area contributed by atoms with E-state index in [-0.39, 0.29) is 97.8 Å². The first kappa shape index (κ1) is 65.6. The Labute approximate surface area is 483 Å². The quantitative estimate of drug-likeness (QED) is 0.125. The summed E-state index contributed by atoms with van der Waals surface area (Å²) in [4.78, 5) is 79.6. The van der Waals surface area contributed by atoms with Crippen LogP contribution in [0.4, 0.5) is 18.0 Å². The number of morpholine rings is 1. The van der Waals surface area contributed by atoms with Crippen LogP contribution >= 0.6 is 54.0 Å². The number of piperidine rings is 1. The van der Waals surface area contributed by atoms with Crippen LogP contribution in [0.15, 0.2) is 73.4 Å². The number of esters is 1. The van der Waals surface area contributed by atoms with Gasteiger partial charge in [-0.2, -0.15) is 67.2 Å². The number of hydrogen-bond donors (Lipinski definition) is 2. The molecule has 2 N–H and O–H groups in total. The predicted octanol–water partition coefficient (Wildman–Crippen LogP) is 7.70. The molecule has 0 unspecified atom stereocenters. The summed E-state index contributed by atoms with van der Waals surface area (Å²) in [7, 11) is 3.10. The second-order valence-corrected chi connectivity index (χ2v) is 21.4. The van der Waals surface area contributed by atoms with E-state index in [0.29, 0.717) is 103 Å². The molecule has 430 valence electrons. The molecule has 2 aromatic carbocycles. The summed E-state index contributed by atoms with van der Waals surface area (Å²) in [5, 5.41) is 4.96. The van der Waals surface area contributed by atoms with Gasteiger partial charge in [0, 0.05) is 74.8 Å². The topological polar surface area (TPSA) is 168 Å². The van der Waals surface area contributed by atoms with Gasteiger partial charge in [0.05, 0.1) is 42.9 Å². The Bertz CT molecular complexity index is 2790. The number of benzene rings is 2. The number of likely N-dealkylation sites (N-methyl/N-ethyl adjacent to an activating group) is 1. The maximum atomic E-state index is 14.8. The van der Waals surface area contributed by atoms with Crippen LogP contribution in [0.1, 0.15) is 83.2 Å². The average molecular weight is 1160 g/mol. The Balaban J connectivity index is 0.00000328. The fraction of sp³-hybridized carbons (Fsp3) is 0.527. The van der Waals surface area contributed by atoms with E-state index in [9.17, 15) is 37.1 Å². The number of carbonyl (C=O) groups excluding carboxylic acids is 5. The number of methoxy groups -OCH3 is 1. The van der Waals surface area contributed by atoms with Crippen molar-refractivity contribution in [2.75, 3.05) is 60.1 Å². The Morgan fingerprint density at radius 2 is 1.68 bits per heavy atom. The van der Waals surface area contributed by atoms with E-state index < -0.39 is 65.8 Å². The Morgan fingerprint density at radius 1 is 0.974 bits per heavy atom. The number of nitrogens with one attached hydrogen (secondary N) is 2. The van der Waals surface area contributed by atoms with Gasteiger partial charge in [0.15, 0.2) is 0 Å². The number of fused-ring (bicyclic) bond motifs is 6. The molecule has 3 saturated heterocycles. The number of carbonyl (C=O) groups is 5. The molecule has 4 atom stereocenters. The van der Waals surface area contributed by atoms with Gasteiger partial charge in [-0.15, -0.1) is 0 Å². The summed E-state index contributed by atoms with van der Waals surface area (Å²) in [6.07, 6.45) is -0.237. The number of rotatable bonds is 9. The van der Waals surface area contributed by atoms with Crippen LogP contribution in [0.5, 0.6) is 0 Å². The first-order chi connectivity index (χ1) is 35.1. The normalized spacial score (nSPS) is 20.1. The van der Waals surface area contributed by atoms with Crippen LogP contribution in [0.3, 0.4) is 0 Å². The van der Waals surface area contributed by atoms with E-state index in [1.165, 1.54) is 27.7 Å². The van der Waals surface area contributed by atoms with Gasteiger partial charge >= 0.3 is 18.2 Å². The second kappa shape index (κ2) is 27.0. The third-order valence-corrected chi connectivity index (χ3v) is 14.9. The minimum absolute atomic E-state index is 0. The fourth-order valence-corrected chi connectivity index (χ4v) is 11.1. The van der Waals surface area contributed by atoms with Crippen molar-refractivity contribution in [3.8, 4) is 22.4 Å². The van der Waals surface area contributed by atoms with E-state index in [0.717, 1.165) is 5.56 Å². The maximum Gasteiger partial charge on any atom is 0.406 e. The monoisotopic (exact) mass is 1160 g/mol. The van der Waals surface area contributed by atoms with Gasteiger partial charge in [0.1, 0.15) is 24.7 Å². The molecule has 5 amide bonds. The molecule has 0 radical (unpaired) electrons. The fourth-order valence-electron chi connectivity index (χ4n) is 11.1. The van der Waals surface area contributed by atoms with Gasteiger partial charge in [-0.3, -0.25) is 29.2 Å². The van der Waals surface area contributed by atoms with Crippen molar-refractivity contribution in [3.05, 3.63) is 90.3 Å². The summed E-state index contributed by atoms with van der Waals surface area (Å²) in [6, 6.07) is 12.8. The van der Waals surface area contributed by atoms with Crippen LogP contribution < -0.4 is 10.7 Å². The summed E-state index contributed by atoms with van der Waals surface area (Å²) in [5.41, 5.74) is 6.06. The number of urea groups is 1. The van der Waals surface area contributed by atoms with Crippen molar-refractivity contribution in [3.63, 3.8) is 0 Å². The van der Waals surface area contributed by atoms with Crippen molar-refractivity contribution in [2.24, 2.45) is 11.3 Å². The number of nitrogens with zero attached hydrogens (tertiary/aromatic N) is 6. The molecule has 0 aliphatic carbocycles. The van der Waals surface area contributed by atoms with Gasteiger partial charge in [0.2, 0.25) is 11.8 Å². The number of hydrazine groups is 1.